The molecule has 1 aromatic heterocycles. The lowest BCUT2D eigenvalue weighted by Crippen LogP contribution is -2.39. The molecule has 1 amide bonds. The van der Waals surface area contributed by atoms with E-state index in [-0.39, 0.29) is 11.9 Å². The lowest BCUT2D eigenvalue weighted by Gasteiger charge is -2.22. The average Bonchev–Trinajstić information content (AvgIpc) is 2.91. The molecule has 1 aromatic carbocycles. The van der Waals surface area contributed by atoms with Crippen LogP contribution in [-0.4, -0.2) is 26.2 Å². The van der Waals surface area contributed by atoms with E-state index in [2.05, 4.69) is 16.7 Å². The summed E-state index contributed by atoms with van der Waals surface area (Å²) in [7, 11) is 3.24. The molecule has 2 atom stereocenters. The van der Waals surface area contributed by atoms with Gasteiger partial charge in [0.05, 0.1) is 25.8 Å². The van der Waals surface area contributed by atoms with Crippen LogP contribution in [0.2, 0.25) is 0 Å². The average molecular weight is 428 g/mol. The first-order valence-electron chi connectivity index (χ1n) is 10.3. The number of nitrogens with zero attached hydrogens (tertiary/aromatic N) is 1. The second-order valence-electron chi connectivity index (χ2n) is 7.59. The zero-order chi connectivity index (χ0) is 21.7. The second-order valence-corrected chi connectivity index (χ2v) is 8.69. The van der Waals surface area contributed by atoms with Crippen LogP contribution in [0.25, 0.3) is 0 Å². The van der Waals surface area contributed by atoms with E-state index in [1.54, 1.807) is 25.6 Å². The first kappa shape index (κ1) is 22.1. The van der Waals surface area contributed by atoms with Crippen LogP contribution >= 0.6 is 11.3 Å². The molecule has 160 valence electrons. The van der Waals surface area contributed by atoms with Crippen molar-refractivity contribution in [1.29, 1.82) is 5.26 Å². The first-order valence-corrected chi connectivity index (χ1v) is 11.1. The van der Waals surface area contributed by atoms with E-state index in [0.717, 1.165) is 48.3 Å². The van der Waals surface area contributed by atoms with Gasteiger partial charge in [0.2, 0.25) is 5.91 Å². The number of benzene rings is 1. The highest BCUT2D eigenvalue weighted by Crippen LogP contribution is 2.37. The first-order chi connectivity index (χ1) is 14.5. The lowest BCUT2D eigenvalue weighted by atomic mass is 10.1. The van der Waals surface area contributed by atoms with Crippen molar-refractivity contribution in [3.05, 3.63) is 39.8 Å². The number of amides is 1. The number of nitriles is 1. The molecule has 0 saturated heterocycles. The van der Waals surface area contributed by atoms with Crippen LogP contribution in [-0.2, 0) is 17.6 Å². The minimum atomic E-state index is -0.454. The molecule has 3 rings (SSSR count). The fourth-order valence-corrected chi connectivity index (χ4v) is 5.13. The summed E-state index contributed by atoms with van der Waals surface area (Å²) >= 11 is 1.55. The smallest absolute Gasteiger partial charge is 0.241 e. The maximum Gasteiger partial charge on any atom is 0.241 e. The van der Waals surface area contributed by atoms with Crippen LogP contribution < -0.4 is 20.1 Å². The molecule has 2 unspecified atom stereocenters. The number of anilines is 1. The number of fused-ring (bicyclic) bond motifs is 1. The van der Waals surface area contributed by atoms with E-state index < -0.39 is 6.04 Å². The van der Waals surface area contributed by atoms with Crippen LogP contribution in [0.4, 0.5) is 5.00 Å². The number of methoxy groups -OCH3 is 2. The summed E-state index contributed by atoms with van der Waals surface area (Å²) in [5, 5.41) is 16.7. The molecule has 1 aliphatic carbocycles. The third-order valence-electron chi connectivity index (χ3n) is 5.57. The number of hydrogen-bond donors (Lipinski definition) is 2. The standard InChI is InChI=1S/C23H29N3O3S/c1-14(18-12-16(28-3)10-11-20(18)29-4)25-15(2)22(27)26-23-19(13-24)17-8-6-5-7-9-21(17)30-23/h10-12,14-15,25H,5-9H2,1-4H3,(H,26,27). The third kappa shape index (κ3) is 4.77. The molecule has 30 heavy (non-hydrogen) atoms. The summed E-state index contributed by atoms with van der Waals surface area (Å²) in [6.07, 6.45) is 5.35. The van der Waals surface area contributed by atoms with Gasteiger partial charge < -0.3 is 14.8 Å². The summed E-state index contributed by atoms with van der Waals surface area (Å²) in [5.41, 5.74) is 2.68. The van der Waals surface area contributed by atoms with Gasteiger partial charge in [0.1, 0.15) is 22.6 Å². The summed E-state index contributed by atoms with van der Waals surface area (Å²) in [4.78, 5) is 14.1. The summed E-state index contributed by atoms with van der Waals surface area (Å²) in [6.45, 7) is 3.80. The van der Waals surface area contributed by atoms with Gasteiger partial charge in [-0.15, -0.1) is 11.3 Å². The highest BCUT2D eigenvalue weighted by Gasteiger charge is 2.24. The molecule has 0 saturated carbocycles. The Labute approximate surface area is 182 Å². The van der Waals surface area contributed by atoms with E-state index in [4.69, 9.17) is 9.47 Å². The van der Waals surface area contributed by atoms with E-state index >= 15 is 0 Å². The van der Waals surface area contributed by atoms with E-state index in [9.17, 15) is 10.1 Å². The largest absolute Gasteiger partial charge is 0.497 e. The number of hydrogen-bond acceptors (Lipinski definition) is 6. The van der Waals surface area contributed by atoms with Crippen LogP contribution in [0.1, 0.15) is 60.7 Å². The second kappa shape index (κ2) is 9.96. The number of aryl methyl sites for hydroxylation is 1. The number of ether oxygens (including phenoxy) is 2. The fraction of sp³-hybridized carbons (Fsp3) is 0.478. The minimum Gasteiger partial charge on any atom is -0.497 e. The Kier molecular flexibility index (Phi) is 7.35. The highest BCUT2D eigenvalue weighted by atomic mass is 32.1. The van der Waals surface area contributed by atoms with Crippen molar-refractivity contribution in [3.8, 4) is 17.6 Å². The number of carbonyl (C=O) groups is 1. The number of rotatable bonds is 7. The van der Waals surface area contributed by atoms with Gasteiger partial charge >= 0.3 is 0 Å². The molecular formula is C23H29N3O3S. The van der Waals surface area contributed by atoms with Gasteiger partial charge in [-0.2, -0.15) is 5.26 Å². The monoisotopic (exact) mass is 427 g/mol. The van der Waals surface area contributed by atoms with Gasteiger partial charge in [-0.1, -0.05) is 6.42 Å². The van der Waals surface area contributed by atoms with Crippen LogP contribution in [0.3, 0.4) is 0 Å². The molecule has 0 spiro atoms. The molecule has 2 aromatic rings. The van der Waals surface area contributed by atoms with Crippen molar-refractivity contribution in [1.82, 2.24) is 5.32 Å². The zero-order valence-corrected chi connectivity index (χ0v) is 18.8. The SMILES string of the molecule is COc1ccc(OC)c(C(C)NC(C)C(=O)Nc2sc3c(c2C#N)CCCCC3)c1. The molecule has 6 nitrogen and oxygen atoms in total. The van der Waals surface area contributed by atoms with Gasteiger partial charge in [-0.3, -0.25) is 10.1 Å². The van der Waals surface area contributed by atoms with Gasteiger partial charge in [0.25, 0.3) is 0 Å². The Morgan fingerprint density at radius 1 is 1.17 bits per heavy atom. The van der Waals surface area contributed by atoms with Crippen molar-refractivity contribution in [3.63, 3.8) is 0 Å². The van der Waals surface area contributed by atoms with Gasteiger partial charge in [-0.05, 0) is 63.3 Å². The Morgan fingerprint density at radius 3 is 2.63 bits per heavy atom. The third-order valence-corrected chi connectivity index (χ3v) is 6.77. The van der Waals surface area contributed by atoms with Crippen molar-refractivity contribution < 1.29 is 14.3 Å². The zero-order valence-electron chi connectivity index (χ0n) is 18.0. The molecule has 0 aliphatic heterocycles. The minimum absolute atomic E-state index is 0.133. The molecule has 0 bridgehead atoms. The Bertz CT molecular complexity index is 948. The molecule has 1 aliphatic rings. The maximum atomic E-state index is 12.9. The summed E-state index contributed by atoms with van der Waals surface area (Å²) in [6, 6.07) is 7.33. The molecule has 0 fully saturated rings. The van der Waals surface area contributed by atoms with Crippen molar-refractivity contribution in [2.75, 3.05) is 19.5 Å². The molecule has 1 heterocycles. The Balaban J connectivity index is 1.72. The predicted molar refractivity (Wildman–Crippen MR) is 119 cm³/mol. The molecule has 7 heteroatoms. The van der Waals surface area contributed by atoms with Gasteiger partial charge in [0.15, 0.2) is 0 Å². The van der Waals surface area contributed by atoms with E-state index in [0.29, 0.717) is 10.6 Å². The van der Waals surface area contributed by atoms with Crippen molar-refractivity contribution >= 4 is 22.2 Å². The van der Waals surface area contributed by atoms with Gasteiger partial charge in [0, 0.05) is 16.5 Å². The molecule has 2 N–H and O–H groups in total. The Morgan fingerprint density at radius 2 is 1.93 bits per heavy atom. The fourth-order valence-electron chi connectivity index (χ4n) is 3.89. The van der Waals surface area contributed by atoms with Crippen LogP contribution in [0.5, 0.6) is 11.5 Å². The molecular weight excluding hydrogens is 398 g/mol. The van der Waals surface area contributed by atoms with E-state index in [1.165, 1.54) is 11.3 Å². The van der Waals surface area contributed by atoms with Crippen LogP contribution in [0.15, 0.2) is 18.2 Å². The highest BCUT2D eigenvalue weighted by molar-refractivity contribution is 7.16. The number of carbonyl (C=O) groups excluding carboxylic acids is 1. The molecule has 0 radical (unpaired) electrons. The lowest BCUT2D eigenvalue weighted by molar-refractivity contribution is -0.117. The Hall–Kier alpha value is -2.56. The van der Waals surface area contributed by atoms with Crippen molar-refractivity contribution in [2.45, 2.75) is 58.0 Å². The van der Waals surface area contributed by atoms with Gasteiger partial charge in [-0.25, -0.2) is 0 Å². The quantitative estimate of drug-likeness (QED) is 0.632. The summed E-state index contributed by atoms with van der Waals surface area (Å²) in [5.74, 6) is 1.31. The normalized spacial score (nSPS) is 15.3. The van der Waals surface area contributed by atoms with E-state index in [1.807, 2.05) is 32.0 Å². The van der Waals surface area contributed by atoms with Crippen LogP contribution in [0, 0.1) is 11.3 Å². The predicted octanol–water partition coefficient (Wildman–Crippen LogP) is 4.58. The maximum absolute atomic E-state index is 12.9. The number of nitrogens with one attached hydrogen (secondary N) is 2. The number of thiophene rings is 1. The van der Waals surface area contributed by atoms with Crippen molar-refractivity contribution in [2.24, 2.45) is 0 Å². The summed E-state index contributed by atoms with van der Waals surface area (Å²) < 4.78 is 10.8. The topological polar surface area (TPSA) is 83.4 Å².